The van der Waals surface area contributed by atoms with Gasteiger partial charge in [0.05, 0.1) is 28.5 Å². The van der Waals surface area contributed by atoms with Crippen LogP contribution in [0.2, 0.25) is 0 Å². The van der Waals surface area contributed by atoms with Crippen LogP contribution in [-0.2, 0) is 10.0 Å². The zero-order chi connectivity index (χ0) is 22.9. The number of nitrogens with zero attached hydrogens (tertiary/aromatic N) is 1. The number of benzene rings is 3. The largest absolute Gasteiger partial charge is 0.505 e. The topological polar surface area (TPSA) is 78.8 Å². The lowest BCUT2D eigenvalue weighted by Gasteiger charge is -2.17. The molecule has 5 nitrogen and oxygen atoms in total. The van der Waals surface area contributed by atoms with E-state index in [1.54, 1.807) is 36.4 Å². The predicted molar refractivity (Wildman–Crippen MR) is 145 cm³/mol. The summed E-state index contributed by atoms with van der Waals surface area (Å²) in [5.74, 6) is 0.0789. The first-order valence-corrected chi connectivity index (χ1v) is 14.4. The Kier molecular flexibility index (Phi) is 8.48. The minimum Gasteiger partial charge on any atom is -0.505 e. The van der Waals surface area contributed by atoms with Gasteiger partial charge >= 0.3 is 0 Å². The Hall–Kier alpha value is -0.240. The van der Waals surface area contributed by atoms with Gasteiger partial charge in [-0.3, -0.25) is 0 Å². The first-order valence-electron chi connectivity index (χ1n) is 8.19. The van der Waals surface area contributed by atoms with E-state index in [4.69, 9.17) is 0 Å². The van der Waals surface area contributed by atoms with Crippen LogP contribution < -0.4 is 5.32 Å². The molecule has 0 fully saturated rings. The molecule has 0 spiro atoms. The van der Waals surface area contributed by atoms with Crippen molar-refractivity contribution >= 4 is 117 Å². The fourth-order valence-corrected chi connectivity index (χ4v) is 6.18. The average Bonchev–Trinajstić information content (AvgIpc) is 2.74. The van der Waals surface area contributed by atoms with Gasteiger partial charge in [-0.2, -0.15) is 8.42 Å². The second kappa shape index (κ2) is 10.4. The van der Waals surface area contributed by atoms with Crippen LogP contribution in [0.25, 0.3) is 0 Å². The van der Waals surface area contributed by atoms with Gasteiger partial charge in [-0.1, -0.05) is 44.0 Å². The van der Waals surface area contributed by atoms with Crippen molar-refractivity contribution < 1.29 is 13.5 Å². The van der Waals surface area contributed by atoms with Gasteiger partial charge in [-0.15, -0.1) is 4.40 Å². The van der Waals surface area contributed by atoms with E-state index in [1.807, 2.05) is 0 Å². The normalized spacial score (nSPS) is 12.1. The third kappa shape index (κ3) is 5.82. The second-order valence-electron chi connectivity index (χ2n) is 5.98. The average molecular weight is 826 g/mol. The number of phenolic OH excluding ortho intramolecular Hbond substituents is 1. The summed E-state index contributed by atoms with van der Waals surface area (Å²) in [6.45, 7) is 0. The fraction of sp³-hybridized carbons (Fsp3) is 0. The lowest BCUT2D eigenvalue weighted by atomic mass is 10.2. The van der Waals surface area contributed by atoms with Crippen molar-refractivity contribution in [2.24, 2.45) is 4.40 Å². The molecule has 162 valence electrons. The number of halogens is 6. The quantitative estimate of drug-likeness (QED) is 0.120. The number of hydrogen-bond acceptors (Lipinski definition) is 3. The summed E-state index contributed by atoms with van der Waals surface area (Å²) in [5, 5.41) is 13.3. The van der Waals surface area contributed by atoms with Crippen molar-refractivity contribution in [2.45, 2.75) is 4.90 Å². The summed E-state index contributed by atoms with van der Waals surface area (Å²) >= 11 is 20.2. The van der Waals surface area contributed by atoms with Gasteiger partial charge in [-0.05, 0) is 100 Å². The Morgan fingerprint density at radius 1 is 0.742 bits per heavy atom. The van der Waals surface area contributed by atoms with Gasteiger partial charge in [0.1, 0.15) is 5.75 Å². The fourth-order valence-electron chi connectivity index (χ4n) is 2.38. The van der Waals surface area contributed by atoms with Crippen LogP contribution in [0.5, 0.6) is 5.75 Å². The molecule has 31 heavy (non-hydrogen) atoms. The summed E-state index contributed by atoms with van der Waals surface area (Å²) < 4.78 is 33.4. The molecule has 0 unspecified atom stereocenters. The molecule has 3 aromatic rings. The number of anilines is 1. The van der Waals surface area contributed by atoms with Crippen molar-refractivity contribution in [3.63, 3.8) is 0 Å². The number of aromatic hydroxyl groups is 1. The molecular formula is C19H10Br6N2O3S. The zero-order valence-corrected chi connectivity index (χ0v) is 25.3. The van der Waals surface area contributed by atoms with E-state index in [0.717, 1.165) is 8.95 Å². The van der Waals surface area contributed by atoms with Crippen LogP contribution in [-0.4, -0.2) is 19.4 Å². The molecule has 3 aromatic carbocycles. The summed E-state index contributed by atoms with van der Waals surface area (Å²) in [6, 6.07) is 13.3. The number of hydrogen-bond donors (Lipinski definition) is 2. The molecule has 0 aliphatic rings. The second-order valence-corrected chi connectivity index (χ2v) is 12.6. The maximum Gasteiger partial charge on any atom is 0.284 e. The van der Waals surface area contributed by atoms with Gasteiger partial charge < -0.3 is 10.4 Å². The summed E-state index contributed by atoms with van der Waals surface area (Å²) in [7, 11) is -4.02. The van der Waals surface area contributed by atoms with E-state index in [1.165, 1.54) is 12.1 Å². The third-order valence-electron chi connectivity index (χ3n) is 3.92. The van der Waals surface area contributed by atoms with Crippen molar-refractivity contribution in [1.82, 2.24) is 0 Å². The van der Waals surface area contributed by atoms with Gasteiger partial charge in [0, 0.05) is 14.5 Å². The molecule has 0 heterocycles. The van der Waals surface area contributed by atoms with E-state index in [9.17, 15) is 13.5 Å². The van der Waals surface area contributed by atoms with Gasteiger partial charge in [0.2, 0.25) is 0 Å². The van der Waals surface area contributed by atoms with Crippen LogP contribution in [0.15, 0.2) is 84.7 Å². The minimum absolute atomic E-state index is 0.0195. The Morgan fingerprint density at radius 3 is 1.68 bits per heavy atom. The number of sulfonamides is 1. The molecule has 3 rings (SSSR count). The lowest BCUT2D eigenvalue weighted by Crippen LogP contribution is -2.17. The molecule has 0 aromatic heterocycles. The van der Waals surface area contributed by atoms with Gasteiger partial charge in [0.15, 0.2) is 5.84 Å². The summed E-state index contributed by atoms with van der Waals surface area (Å²) in [5.41, 5.74) is 1.01. The van der Waals surface area contributed by atoms with E-state index in [-0.39, 0.29) is 16.5 Å². The van der Waals surface area contributed by atoms with Crippen LogP contribution in [0.3, 0.4) is 0 Å². The first-order chi connectivity index (χ1) is 14.5. The highest BCUT2D eigenvalue weighted by molar-refractivity contribution is 9.14. The smallest absolute Gasteiger partial charge is 0.284 e. The molecule has 0 radical (unpaired) electrons. The van der Waals surface area contributed by atoms with Crippen LogP contribution >= 0.6 is 95.6 Å². The zero-order valence-electron chi connectivity index (χ0n) is 15.0. The molecule has 0 aliphatic heterocycles. The van der Waals surface area contributed by atoms with Crippen LogP contribution in [0.1, 0.15) is 5.56 Å². The van der Waals surface area contributed by atoms with E-state index in [2.05, 4.69) is 105 Å². The number of nitrogens with one attached hydrogen (secondary N) is 1. The SMILES string of the molecule is O=S(=O)(/N=C(/Nc1c(Br)c(Br)c(O)c(Br)c1Br)c1ccc(Br)cc1)c1ccc(Br)cc1. The monoisotopic (exact) mass is 820 g/mol. The molecule has 12 heteroatoms. The standard InChI is InChI=1S/C19H10Br6N2O3S/c20-10-3-1-9(2-4-10)19(27-31(29,30)12-7-5-11(21)6-8-12)26-17-13(22)15(24)18(28)16(25)14(17)23/h1-8,28H,(H,26,27). The Labute approximate surface area is 229 Å². The Balaban J connectivity index is 2.18. The maximum absolute atomic E-state index is 13.0. The van der Waals surface area contributed by atoms with Gasteiger partial charge in [-0.25, -0.2) is 0 Å². The first kappa shape index (κ1) is 25.4. The highest BCUT2D eigenvalue weighted by Gasteiger charge is 2.22. The third-order valence-corrected chi connectivity index (χ3v) is 10.5. The maximum atomic E-state index is 13.0. The molecule has 0 amide bonds. The summed E-state index contributed by atoms with van der Waals surface area (Å²) in [6.07, 6.45) is 0. The van der Waals surface area contributed by atoms with E-state index < -0.39 is 10.0 Å². The lowest BCUT2D eigenvalue weighted by molar-refractivity contribution is 0.467. The molecule has 0 saturated heterocycles. The number of rotatable bonds is 4. The van der Waals surface area contributed by atoms with Crippen molar-refractivity contribution in [3.8, 4) is 5.75 Å². The van der Waals surface area contributed by atoms with Crippen LogP contribution in [0, 0.1) is 0 Å². The van der Waals surface area contributed by atoms with Crippen LogP contribution in [0.4, 0.5) is 5.69 Å². The minimum atomic E-state index is -4.02. The van der Waals surface area contributed by atoms with E-state index in [0.29, 0.717) is 29.1 Å². The number of amidine groups is 1. The molecular weight excluding hydrogens is 816 g/mol. The Morgan fingerprint density at radius 2 is 1.19 bits per heavy atom. The highest BCUT2D eigenvalue weighted by atomic mass is 79.9. The van der Waals surface area contributed by atoms with Crippen molar-refractivity contribution in [2.75, 3.05) is 5.32 Å². The number of phenols is 1. The van der Waals surface area contributed by atoms with E-state index >= 15 is 0 Å². The van der Waals surface area contributed by atoms with Crippen molar-refractivity contribution in [3.05, 3.63) is 80.9 Å². The molecule has 0 saturated carbocycles. The predicted octanol–water partition coefficient (Wildman–Crippen LogP) is 8.21. The molecule has 2 N–H and O–H groups in total. The Bertz CT molecular complexity index is 1250. The van der Waals surface area contributed by atoms with Gasteiger partial charge in [0.25, 0.3) is 10.0 Å². The highest BCUT2D eigenvalue weighted by Crippen LogP contribution is 2.48. The summed E-state index contributed by atoms with van der Waals surface area (Å²) in [4.78, 5) is 0.0540. The molecule has 0 aliphatic carbocycles. The molecule has 0 atom stereocenters. The molecule has 0 bridgehead atoms. The van der Waals surface area contributed by atoms with Crippen molar-refractivity contribution in [1.29, 1.82) is 0 Å².